The molecule has 0 fully saturated rings. The Balaban J connectivity index is 2.21. The zero-order valence-electron chi connectivity index (χ0n) is 11.7. The van der Waals surface area contributed by atoms with Gasteiger partial charge in [0.2, 0.25) is 5.12 Å². The fraction of sp³-hybridized carbons (Fsp3) is 0.235. The highest BCUT2D eigenvalue weighted by molar-refractivity contribution is 8.15. The molecule has 20 heavy (non-hydrogen) atoms. The van der Waals surface area contributed by atoms with Crippen molar-refractivity contribution in [2.24, 2.45) is 0 Å². The summed E-state index contributed by atoms with van der Waals surface area (Å²) in [5.41, 5.74) is 3.18. The lowest BCUT2D eigenvalue weighted by molar-refractivity contribution is 0.109. The monoisotopic (exact) mass is 283 g/mol. The zero-order chi connectivity index (χ0) is 14.2. The first kappa shape index (κ1) is 13.4. The second kappa shape index (κ2) is 5.08. The number of carbonyl (C=O) groups is 1. The topological polar surface area (TPSA) is 20.3 Å². The maximum atomic E-state index is 12.4. The highest BCUT2D eigenvalue weighted by Crippen LogP contribution is 2.51. The van der Waals surface area contributed by atoms with E-state index in [1.54, 1.807) is 0 Å². The minimum Gasteiger partial charge on any atom is -0.307 e. The number of carbonyl (C=O) groups excluding carboxylic acids is 1. The molecule has 1 heterocycles. The predicted molar refractivity (Wildman–Crippen MR) is 84.1 cm³/mol. The van der Waals surface area contributed by atoms with Crippen LogP contribution in [0.3, 0.4) is 0 Å². The molecule has 0 spiro atoms. The third-order valence-corrected chi connectivity index (χ3v) is 4.97. The summed E-state index contributed by atoms with van der Waals surface area (Å²) >= 11 is 1.44. The summed E-state index contributed by atoms with van der Waals surface area (Å²) < 4.78 is -0.293. The Morgan fingerprint density at radius 2 is 1.65 bits per heavy atom. The van der Waals surface area contributed by atoms with Crippen molar-refractivity contribution in [2.45, 2.75) is 4.75 Å². The van der Waals surface area contributed by atoms with Gasteiger partial charge in [-0.1, -0.05) is 66.4 Å². The van der Waals surface area contributed by atoms with Gasteiger partial charge in [0.1, 0.15) is 0 Å². The molecule has 0 aromatic heterocycles. The Kier molecular flexibility index (Phi) is 3.40. The highest BCUT2D eigenvalue weighted by atomic mass is 32.2. The van der Waals surface area contributed by atoms with Crippen LogP contribution in [-0.2, 0) is 4.75 Å². The molecule has 0 radical (unpaired) electrons. The molecule has 2 aromatic carbocycles. The standard InChI is InChI=1S/C17H17NOS/c1-18(2)12-17(13-8-4-3-5-9-13)15-11-7-6-10-14(15)16(19)20-17/h3-11H,12H2,1-2H3. The average molecular weight is 283 g/mol. The van der Waals surface area contributed by atoms with Crippen molar-refractivity contribution in [1.29, 1.82) is 0 Å². The second-order valence-electron chi connectivity index (χ2n) is 5.37. The molecule has 1 atom stereocenters. The molecule has 102 valence electrons. The molecule has 0 N–H and O–H groups in total. The van der Waals surface area contributed by atoms with Crippen LogP contribution in [0, 0.1) is 0 Å². The molecule has 1 aliphatic rings. The number of hydrogen-bond acceptors (Lipinski definition) is 3. The molecule has 0 amide bonds. The number of fused-ring (bicyclic) bond motifs is 1. The highest BCUT2D eigenvalue weighted by Gasteiger charge is 2.45. The normalized spacial score (nSPS) is 21.2. The Hall–Kier alpha value is -1.58. The van der Waals surface area contributed by atoms with Gasteiger partial charge in [0.25, 0.3) is 0 Å². The van der Waals surface area contributed by atoms with Crippen LogP contribution in [0.2, 0.25) is 0 Å². The maximum absolute atomic E-state index is 12.4. The maximum Gasteiger partial charge on any atom is 0.220 e. The van der Waals surface area contributed by atoms with E-state index in [1.165, 1.54) is 17.3 Å². The summed E-state index contributed by atoms with van der Waals surface area (Å²) in [4.78, 5) is 14.5. The Bertz CT molecular complexity index is 638. The van der Waals surface area contributed by atoms with E-state index in [1.807, 2.05) is 36.4 Å². The molecule has 1 aliphatic heterocycles. The fourth-order valence-electron chi connectivity index (χ4n) is 2.86. The number of likely N-dealkylation sites (N-methyl/N-ethyl adjacent to an activating group) is 1. The molecular weight excluding hydrogens is 266 g/mol. The van der Waals surface area contributed by atoms with E-state index in [0.717, 1.165) is 17.7 Å². The van der Waals surface area contributed by atoms with Crippen LogP contribution in [-0.4, -0.2) is 30.7 Å². The van der Waals surface area contributed by atoms with Crippen molar-refractivity contribution in [2.75, 3.05) is 20.6 Å². The number of hydrogen-bond donors (Lipinski definition) is 0. The van der Waals surface area contributed by atoms with E-state index < -0.39 is 0 Å². The van der Waals surface area contributed by atoms with Crippen LogP contribution in [0.15, 0.2) is 54.6 Å². The number of nitrogens with zero attached hydrogens (tertiary/aromatic N) is 1. The zero-order valence-corrected chi connectivity index (χ0v) is 12.5. The van der Waals surface area contributed by atoms with Crippen LogP contribution in [0.25, 0.3) is 0 Å². The summed E-state index contributed by atoms with van der Waals surface area (Å²) in [6, 6.07) is 18.3. The van der Waals surface area contributed by atoms with Crippen LogP contribution >= 0.6 is 11.8 Å². The third-order valence-electron chi connectivity index (χ3n) is 3.63. The third kappa shape index (κ3) is 2.07. The first-order valence-electron chi connectivity index (χ1n) is 6.66. The number of rotatable bonds is 3. The minimum absolute atomic E-state index is 0.173. The molecule has 2 nitrogen and oxygen atoms in total. The summed E-state index contributed by atoms with van der Waals surface area (Å²) in [7, 11) is 4.10. The Morgan fingerprint density at radius 3 is 2.35 bits per heavy atom. The Morgan fingerprint density at radius 1 is 1.00 bits per heavy atom. The SMILES string of the molecule is CN(C)CC1(c2ccccc2)SC(=O)c2ccccc21. The molecule has 2 aromatic rings. The molecule has 0 aliphatic carbocycles. The van der Waals surface area contributed by atoms with Crippen LogP contribution in [0.5, 0.6) is 0 Å². The summed E-state index contributed by atoms with van der Waals surface area (Å²) in [6.45, 7) is 0.810. The van der Waals surface area contributed by atoms with E-state index in [4.69, 9.17) is 0 Å². The van der Waals surface area contributed by atoms with Gasteiger partial charge >= 0.3 is 0 Å². The molecule has 3 rings (SSSR count). The largest absolute Gasteiger partial charge is 0.307 e. The first-order valence-corrected chi connectivity index (χ1v) is 7.48. The lowest BCUT2D eigenvalue weighted by atomic mass is 9.87. The predicted octanol–water partition coefficient (Wildman–Crippen LogP) is 3.38. The minimum atomic E-state index is -0.293. The van der Waals surface area contributed by atoms with Crippen molar-refractivity contribution in [3.63, 3.8) is 0 Å². The van der Waals surface area contributed by atoms with E-state index >= 15 is 0 Å². The van der Waals surface area contributed by atoms with Gasteiger partial charge in [-0.2, -0.15) is 0 Å². The van der Waals surface area contributed by atoms with E-state index in [2.05, 4.69) is 37.2 Å². The van der Waals surface area contributed by atoms with Gasteiger partial charge in [-0.3, -0.25) is 4.79 Å². The van der Waals surface area contributed by atoms with E-state index in [0.29, 0.717) is 0 Å². The summed E-state index contributed by atoms with van der Waals surface area (Å²) in [6.07, 6.45) is 0. The Labute approximate surface area is 123 Å². The van der Waals surface area contributed by atoms with Gasteiger partial charge in [0.05, 0.1) is 4.75 Å². The second-order valence-corrected chi connectivity index (χ2v) is 6.64. The number of benzene rings is 2. The lowest BCUT2D eigenvalue weighted by Crippen LogP contribution is -2.34. The van der Waals surface area contributed by atoms with E-state index in [9.17, 15) is 4.79 Å². The molecule has 1 unspecified atom stereocenters. The van der Waals surface area contributed by atoms with Crippen LogP contribution in [0.1, 0.15) is 21.5 Å². The van der Waals surface area contributed by atoms with Crippen LogP contribution < -0.4 is 0 Å². The van der Waals surface area contributed by atoms with Crippen molar-refractivity contribution < 1.29 is 4.79 Å². The van der Waals surface area contributed by atoms with Crippen molar-refractivity contribution in [3.05, 3.63) is 71.3 Å². The van der Waals surface area contributed by atoms with Crippen LogP contribution in [0.4, 0.5) is 0 Å². The van der Waals surface area contributed by atoms with Gasteiger partial charge in [-0.15, -0.1) is 0 Å². The van der Waals surface area contributed by atoms with Gasteiger partial charge < -0.3 is 4.90 Å². The first-order chi connectivity index (χ1) is 9.63. The molecule has 0 bridgehead atoms. The van der Waals surface area contributed by atoms with Gasteiger partial charge in [-0.05, 0) is 25.2 Å². The van der Waals surface area contributed by atoms with Gasteiger partial charge in [0, 0.05) is 12.1 Å². The summed E-state index contributed by atoms with van der Waals surface area (Å²) in [5.74, 6) is 0. The van der Waals surface area contributed by atoms with Crippen molar-refractivity contribution in [3.8, 4) is 0 Å². The fourth-order valence-corrected chi connectivity index (χ4v) is 4.33. The summed E-state index contributed by atoms with van der Waals surface area (Å²) in [5, 5.41) is 0.173. The molecular formula is C17H17NOS. The smallest absolute Gasteiger partial charge is 0.220 e. The van der Waals surface area contributed by atoms with E-state index in [-0.39, 0.29) is 9.86 Å². The number of thioether (sulfide) groups is 1. The molecule has 0 saturated heterocycles. The van der Waals surface area contributed by atoms with Crippen molar-refractivity contribution >= 4 is 16.9 Å². The van der Waals surface area contributed by atoms with Gasteiger partial charge in [0.15, 0.2) is 0 Å². The molecule has 0 saturated carbocycles. The average Bonchev–Trinajstić information content (AvgIpc) is 2.74. The van der Waals surface area contributed by atoms with Crippen molar-refractivity contribution in [1.82, 2.24) is 4.90 Å². The lowest BCUT2D eigenvalue weighted by Gasteiger charge is -2.32. The quantitative estimate of drug-likeness (QED) is 0.861. The van der Waals surface area contributed by atoms with Gasteiger partial charge in [-0.25, -0.2) is 0 Å². The molecule has 3 heteroatoms.